The smallest absolute Gasteiger partial charge is 0.246 e. The summed E-state index contributed by atoms with van der Waals surface area (Å²) in [6.07, 6.45) is 0. The molecule has 22 heavy (non-hydrogen) atoms. The molecule has 2 aromatic carbocycles. The predicted octanol–water partition coefficient (Wildman–Crippen LogP) is 4.62. The van der Waals surface area contributed by atoms with E-state index in [2.05, 4.69) is 15.5 Å². The lowest BCUT2D eigenvalue weighted by Gasteiger charge is -2.07. The van der Waals surface area contributed by atoms with Gasteiger partial charge in [0.1, 0.15) is 0 Å². The lowest BCUT2D eigenvalue weighted by molar-refractivity contribution is 0.384. The van der Waals surface area contributed by atoms with Gasteiger partial charge in [-0.2, -0.15) is 4.98 Å². The molecule has 0 radical (unpaired) electrons. The number of aromatic nitrogens is 2. The summed E-state index contributed by atoms with van der Waals surface area (Å²) in [5.74, 6) is 1.13. The maximum Gasteiger partial charge on any atom is 0.246 e. The fourth-order valence-corrected chi connectivity index (χ4v) is 2.27. The van der Waals surface area contributed by atoms with Crippen LogP contribution in [0.4, 0.5) is 5.69 Å². The molecule has 0 saturated carbocycles. The summed E-state index contributed by atoms with van der Waals surface area (Å²) in [4.78, 5) is 4.40. The zero-order chi connectivity index (χ0) is 15.5. The average Bonchev–Trinajstić information content (AvgIpc) is 2.98. The van der Waals surface area contributed by atoms with E-state index in [0.717, 1.165) is 16.8 Å². The number of anilines is 1. The van der Waals surface area contributed by atoms with Gasteiger partial charge in [0.25, 0.3) is 0 Å². The summed E-state index contributed by atoms with van der Waals surface area (Å²) < 4.78 is 5.28. The largest absolute Gasteiger partial charge is 0.376 e. The summed E-state index contributed by atoms with van der Waals surface area (Å²) in [5.41, 5.74) is 4.22. The Morgan fingerprint density at radius 1 is 1.09 bits per heavy atom. The second-order valence-electron chi connectivity index (χ2n) is 5.19. The molecule has 0 bridgehead atoms. The van der Waals surface area contributed by atoms with E-state index in [9.17, 15) is 0 Å². The minimum atomic E-state index is 0.458. The highest BCUT2D eigenvalue weighted by Gasteiger charge is 2.09. The highest BCUT2D eigenvalue weighted by atomic mass is 35.5. The van der Waals surface area contributed by atoms with E-state index in [0.29, 0.717) is 23.3 Å². The molecule has 3 rings (SSSR count). The lowest BCUT2D eigenvalue weighted by atomic mass is 10.1. The normalized spacial score (nSPS) is 10.7. The molecule has 0 atom stereocenters. The Balaban J connectivity index is 1.72. The molecule has 0 aliphatic rings. The van der Waals surface area contributed by atoms with Crippen molar-refractivity contribution in [1.82, 2.24) is 10.1 Å². The average molecular weight is 314 g/mol. The number of nitrogens with zero attached hydrogens (tertiary/aromatic N) is 2. The molecule has 0 amide bonds. The molecule has 0 unspecified atom stereocenters. The third-order valence-corrected chi connectivity index (χ3v) is 3.64. The topological polar surface area (TPSA) is 51.0 Å². The SMILES string of the molecule is Cc1ccc(-c2noc(CNc3cc(Cl)ccc3C)n2)cc1. The van der Waals surface area contributed by atoms with Crippen LogP contribution in [0.3, 0.4) is 0 Å². The zero-order valence-corrected chi connectivity index (χ0v) is 13.2. The van der Waals surface area contributed by atoms with Gasteiger partial charge in [-0.05, 0) is 31.5 Å². The van der Waals surface area contributed by atoms with Crippen LogP contribution in [0.5, 0.6) is 0 Å². The van der Waals surface area contributed by atoms with Gasteiger partial charge in [-0.25, -0.2) is 0 Å². The quantitative estimate of drug-likeness (QED) is 0.763. The zero-order valence-electron chi connectivity index (χ0n) is 12.4. The molecule has 0 saturated heterocycles. The van der Waals surface area contributed by atoms with Crippen molar-refractivity contribution >= 4 is 17.3 Å². The molecule has 0 spiro atoms. The van der Waals surface area contributed by atoms with E-state index >= 15 is 0 Å². The number of nitrogens with one attached hydrogen (secondary N) is 1. The van der Waals surface area contributed by atoms with E-state index in [4.69, 9.17) is 16.1 Å². The molecule has 0 aliphatic heterocycles. The standard InChI is InChI=1S/C17H16ClN3O/c1-11-3-6-13(7-4-11)17-20-16(22-21-17)10-19-15-9-14(18)8-5-12(15)2/h3-9,19H,10H2,1-2H3. The first-order chi connectivity index (χ1) is 10.6. The predicted molar refractivity (Wildman–Crippen MR) is 88.0 cm³/mol. The van der Waals surface area contributed by atoms with Crippen molar-refractivity contribution in [3.05, 3.63) is 64.5 Å². The Bertz CT molecular complexity index is 781. The molecule has 1 N–H and O–H groups in total. The number of halogens is 1. The summed E-state index contributed by atoms with van der Waals surface area (Å²) >= 11 is 6.00. The minimum Gasteiger partial charge on any atom is -0.376 e. The first kappa shape index (κ1) is 14.6. The van der Waals surface area contributed by atoms with Crippen molar-refractivity contribution in [2.45, 2.75) is 20.4 Å². The van der Waals surface area contributed by atoms with Gasteiger partial charge >= 0.3 is 0 Å². The van der Waals surface area contributed by atoms with Crippen molar-refractivity contribution in [2.75, 3.05) is 5.32 Å². The highest BCUT2D eigenvalue weighted by Crippen LogP contribution is 2.21. The number of benzene rings is 2. The molecule has 5 heteroatoms. The third-order valence-electron chi connectivity index (χ3n) is 3.41. The van der Waals surface area contributed by atoms with Crippen molar-refractivity contribution in [3.8, 4) is 11.4 Å². The van der Waals surface area contributed by atoms with Crippen LogP contribution in [0.15, 0.2) is 47.0 Å². The molecule has 0 aliphatic carbocycles. The maximum atomic E-state index is 6.00. The second kappa shape index (κ2) is 6.20. The van der Waals surface area contributed by atoms with Gasteiger partial charge in [0, 0.05) is 16.3 Å². The number of hydrogen-bond acceptors (Lipinski definition) is 4. The van der Waals surface area contributed by atoms with Crippen LogP contribution in [0.2, 0.25) is 5.02 Å². The summed E-state index contributed by atoms with van der Waals surface area (Å²) in [6, 6.07) is 13.7. The number of aryl methyl sites for hydroxylation is 2. The fraction of sp³-hybridized carbons (Fsp3) is 0.176. The lowest BCUT2D eigenvalue weighted by Crippen LogP contribution is -2.01. The molecule has 1 aromatic heterocycles. The van der Waals surface area contributed by atoms with Crippen molar-refractivity contribution in [1.29, 1.82) is 0 Å². The molecule has 3 aromatic rings. The third kappa shape index (κ3) is 3.28. The van der Waals surface area contributed by atoms with Gasteiger partial charge in [0.15, 0.2) is 0 Å². The molecule has 1 heterocycles. The summed E-state index contributed by atoms with van der Waals surface area (Å²) in [7, 11) is 0. The van der Waals surface area contributed by atoms with E-state index in [1.54, 1.807) is 0 Å². The van der Waals surface area contributed by atoms with E-state index in [1.807, 2.05) is 56.3 Å². The van der Waals surface area contributed by atoms with Crippen LogP contribution >= 0.6 is 11.6 Å². The second-order valence-corrected chi connectivity index (χ2v) is 5.63. The summed E-state index contributed by atoms with van der Waals surface area (Å²) in [5, 5.41) is 7.97. The van der Waals surface area contributed by atoms with Crippen molar-refractivity contribution in [3.63, 3.8) is 0 Å². The van der Waals surface area contributed by atoms with Crippen LogP contribution in [-0.2, 0) is 6.54 Å². The Labute approximate surface area is 134 Å². The molecular weight excluding hydrogens is 298 g/mol. The van der Waals surface area contributed by atoms with E-state index < -0.39 is 0 Å². The Kier molecular flexibility index (Phi) is 4.11. The molecule has 4 nitrogen and oxygen atoms in total. The first-order valence-electron chi connectivity index (χ1n) is 7.01. The van der Waals surface area contributed by atoms with Gasteiger partial charge in [-0.1, -0.05) is 52.7 Å². The van der Waals surface area contributed by atoms with E-state index in [1.165, 1.54) is 5.56 Å². The Hall–Kier alpha value is -2.33. The van der Waals surface area contributed by atoms with Crippen molar-refractivity contribution in [2.24, 2.45) is 0 Å². The van der Waals surface area contributed by atoms with Gasteiger partial charge in [0.2, 0.25) is 11.7 Å². The highest BCUT2D eigenvalue weighted by molar-refractivity contribution is 6.30. The summed E-state index contributed by atoms with van der Waals surface area (Å²) in [6.45, 7) is 4.52. The Morgan fingerprint density at radius 3 is 2.64 bits per heavy atom. The van der Waals surface area contributed by atoms with E-state index in [-0.39, 0.29) is 0 Å². The number of hydrogen-bond donors (Lipinski definition) is 1. The molecule has 0 fully saturated rings. The van der Waals surface area contributed by atoms with Crippen LogP contribution in [0.1, 0.15) is 17.0 Å². The van der Waals surface area contributed by atoms with Gasteiger partial charge < -0.3 is 9.84 Å². The van der Waals surface area contributed by atoms with Crippen molar-refractivity contribution < 1.29 is 4.52 Å². The monoisotopic (exact) mass is 313 g/mol. The molecular formula is C17H16ClN3O. The molecule has 112 valence electrons. The maximum absolute atomic E-state index is 6.00. The minimum absolute atomic E-state index is 0.458. The van der Waals surface area contributed by atoms with Crippen LogP contribution in [-0.4, -0.2) is 10.1 Å². The number of rotatable bonds is 4. The fourth-order valence-electron chi connectivity index (χ4n) is 2.10. The van der Waals surface area contributed by atoms with Gasteiger partial charge in [-0.3, -0.25) is 0 Å². The van der Waals surface area contributed by atoms with Crippen LogP contribution in [0, 0.1) is 13.8 Å². The van der Waals surface area contributed by atoms with Gasteiger partial charge in [-0.15, -0.1) is 0 Å². The van der Waals surface area contributed by atoms with Gasteiger partial charge in [0.05, 0.1) is 6.54 Å². The Morgan fingerprint density at radius 2 is 1.86 bits per heavy atom. The first-order valence-corrected chi connectivity index (χ1v) is 7.39. The van der Waals surface area contributed by atoms with Crippen LogP contribution in [0.25, 0.3) is 11.4 Å². The van der Waals surface area contributed by atoms with Crippen LogP contribution < -0.4 is 5.32 Å².